The van der Waals surface area contributed by atoms with Gasteiger partial charge < -0.3 is 0 Å². The van der Waals surface area contributed by atoms with Gasteiger partial charge in [0.2, 0.25) is 0 Å². The Bertz CT molecular complexity index is 144. The van der Waals surface area contributed by atoms with Crippen molar-refractivity contribution < 1.29 is 0 Å². The second kappa shape index (κ2) is 11.1. The molecule has 1 saturated carbocycles. The molecule has 2 heteroatoms. The summed E-state index contributed by atoms with van der Waals surface area (Å²) in [4.78, 5) is 0. The summed E-state index contributed by atoms with van der Waals surface area (Å²) in [6.45, 7) is 0. The SMILES string of the molecule is [Li][CH2]CCCCCCCSC1CCCCC1. The number of unbranched alkanes of at least 4 members (excludes halogenated alkanes) is 5. The minimum absolute atomic E-state index is 1.02. The van der Waals surface area contributed by atoms with Gasteiger partial charge >= 0.3 is 110 Å². The van der Waals surface area contributed by atoms with Gasteiger partial charge in [0.15, 0.2) is 0 Å². The maximum atomic E-state index is 2.29. The van der Waals surface area contributed by atoms with Crippen LogP contribution in [0.25, 0.3) is 0 Å². The standard InChI is InChI=1S/C14H27S.Li/c1-2-3-4-5-6-10-13-15-14-11-8-7-9-12-14;/h14H,1-13H2;. The van der Waals surface area contributed by atoms with Crippen LogP contribution in [0, 0.1) is 0 Å². The minimum atomic E-state index is 1.02. The van der Waals surface area contributed by atoms with Gasteiger partial charge in [-0.3, -0.25) is 0 Å². The van der Waals surface area contributed by atoms with Gasteiger partial charge in [-0.25, -0.2) is 0 Å². The summed E-state index contributed by atoms with van der Waals surface area (Å²) in [6, 6.07) is 0. The Morgan fingerprint density at radius 1 is 0.812 bits per heavy atom. The molecule has 90 valence electrons. The zero-order valence-corrected chi connectivity index (χ0v) is 12.0. The molecule has 0 amide bonds. The molecule has 0 aromatic rings. The summed E-state index contributed by atoms with van der Waals surface area (Å²) in [5.41, 5.74) is 0. The summed E-state index contributed by atoms with van der Waals surface area (Å²) in [6.07, 6.45) is 16.3. The van der Waals surface area contributed by atoms with E-state index in [2.05, 4.69) is 29.5 Å². The van der Waals surface area contributed by atoms with Crippen LogP contribution in [0.2, 0.25) is 5.09 Å². The van der Waals surface area contributed by atoms with Crippen molar-refractivity contribution in [2.75, 3.05) is 5.75 Å². The molecule has 0 aliphatic heterocycles. The quantitative estimate of drug-likeness (QED) is 0.400. The van der Waals surface area contributed by atoms with E-state index in [1.807, 2.05) is 0 Å². The molecule has 1 fully saturated rings. The topological polar surface area (TPSA) is 0 Å². The molecule has 1 aliphatic rings. The molecule has 0 aromatic heterocycles. The molecule has 0 unspecified atom stereocenters. The van der Waals surface area contributed by atoms with Crippen LogP contribution in [0.4, 0.5) is 0 Å². The molecule has 0 N–H and O–H groups in total. The van der Waals surface area contributed by atoms with Crippen molar-refractivity contribution in [2.45, 2.75) is 81.0 Å². The van der Waals surface area contributed by atoms with E-state index >= 15 is 0 Å². The average molecular weight is 234 g/mol. The summed E-state index contributed by atoms with van der Waals surface area (Å²) in [7, 11) is 0. The third-order valence-electron chi connectivity index (χ3n) is 3.65. The van der Waals surface area contributed by atoms with Gasteiger partial charge in [0.25, 0.3) is 0 Å². The molecule has 0 radical (unpaired) electrons. The van der Waals surface area contributed by atoms with Crippen LogP contribution in [0.3, 0.4) is 0 Å². The van der Waals surface area contributed by atoms with E-state index in [-0.39, 0.29) is 0 Å². The Balaban J connectivity index is 1.77. The summed E-state index contributed by atoms with van der Waals surface area (Å²) in [5, 5.41) is 2.39. The zero-order chi connectivity index (χ0) is 11.5. The molecule has 0 saturated heterocycles. The normalized spacial score (nSPS) is 17.9. The van der Waals surface area contributed by atoms with Crippen LogP contribution >= 0.6 is 11.8 Å². The van der Waals surface area contributed by atoms with E-state index < -0.39 is 0 Å². The number of hydrogen-bond acceptors (Lipinski definition) is 1. The van der Waals surface area contributed by atoms with Crippen LogP contribution in [0.5, 0.6) is 0 Å². The summed E-state index contributed by atoms with van der Waals surface area (Å²) >= 11 is 4.56. The fourth-order valence-electron chi connectivity index (χ4n) is 2.54. The first-order chi connectivity index (χ1) is 7.93. The first-order valence-electron chi connectivity index (χ1n) is 7.55. The van der Waals surface area contributed by atoms with Crippen molar-refractivity contribution in [3.05, 3.63) is 0 Å². The van der Waals surface area contributed by atoms with E-state index in [9.17, 15) is 0 Å². The van der Waals surface area contributed by atoms with Crippen LogP contribution < -0.4 is 0 Å². The van der Waals surface area contributed by atoms with Crippen LogP contribution in [-0.2, 0) is 0 Å². The first kappa shape index (κ1) is 15.0. The van der Waals surface area contributed by atoms with Gasteiger partial charge in [0.1, 0.15) is 0 Å². The van der Waals surface area contributed by atoms with E-state index in [0.29, 0.717) is 0 Å². The molecule has 0 aromatic carbocycles. The van der Waals surface area contributed by atoms with Gasteiger partial charge in [0.05, 0.1) is 0 Å². The third-order valence-corrected chi connectivity index (χ3v) is 5.12. The second-order valence-electron chi connectivity index (χ2n) is 5.25. The van der Waals surface area contributed by atoms with Crippen molar-refractivity contribution in [1.29, 1.82) is 0 Å². The predicted octanol–water partition coefficient (Wildman–Crippen LogP) is 4.98. The van der Waals surface area contributed by atoms with E-state index in [4.69, 9.17) is 0 Å². The van der Waals surface area contributed by atoms with Crippen LogP contribution in [0.15, 0.2) is 0 Å². The molecule has 16 heavy (non-hydrogen) atoms. The second-order valence-corrected chi connectivity index (χ2v) is 6.66. The van der Waals surface area contributed by atoms with Crippen LogP contribution in [0.1, 0.15) is 70.6 Å². The Labute approximate surface area is 116 Å². The molecule has 0 bridgehead atoms. The predicted molar refractivity (Wildman–Crippen MR) is 77.6 cm³/mol. The molecule has 1 rings (SSSR count). The Morgan fingerprint density at radius 2 is 1.44 bits per heavy atom. The molecule has 0 spiro atoms. The summed E-state index contributed by atoms with van der Waals surface area (Å²) < 4.78 is 0. The molecule has 1 aliphatic carbocycles. The van der Waals surface area contributed by atoms with Crippen molar-refractivity contribution in [3.8, 4) is 0 Å². The number of thioether (sulfide) groups is 1. The van der Waals surface area contributed by atoms with Gasteiger partial charge in [-0.2, -0.15) is 0 Å². The van der Waals surface area contributed by atoms with Gasteiger partial charge in [0, 0.05) is 0 Å². The molecular weight excluding hydrogens is 207 g/mol. The van der Waals surface area contributed by atoms with Crippen molar-refractivity contribution in [2.24, 2.45) is 0 Å². The fraction of sp³-hybridized carbons (Fsp3) is 1.00. The monoisotopic (exact) mass is 234 g/mol. The molecular formula is C14H27LiS. The Kier molecular flexibility index (Phi) is 10.4. The van der Waals surface area contributed by atoms with Crippen molar-refractivity contribution in [1.82, 2.24) is 0 Å². The van der Waals surface area contributed by atoms with Crippen molar-refractivity contribution >= 4 is 29.5 Å². The van der Waals surface area contributed by atoms with Gasteiger partial charge in [-0.15, -0.1) is 0 Å². The van der Waals surface area contributed by atoms with E-state index in [1.54, 1.807) is 0 Å². The molecule has 0 atom stereocenters. The van der Waals surface area contributed by atoms with Gasteiger partial charge in [-0.05, 0) is 0 Å². The Morgan fingerprint density at radius 3 is 2.12 bits per heavy atom. The third kappa shape index (κ3) is 8.10. The van der Waals surface area contributed by atoms with E-state index in [1.165, 1.54) is 81.5 Å². The van der Waals surface area contributed by atoms with Crippen molar-refractivity contribution in [3.63, 3.8) is 0 Å². The van der Waals surface area contributed by atoms with Crippen LogP contribution in [-0.4, -0.2) is 28.7 Å². The Hall–Kier alpha value is 0.947. The maximum absolute atomic E-state index is 2.29. The first-order valence-corrected chi connectivity index (χ1v) is 8.60. The van der Waals surface area contributed by atoms with E-state index in [0.717, 1.165) is 5.25 Å². The number of hydrogen-bond donors (Lipinski definition) is 0. The molecule has 0 heterocycles. The average Bonchev–Trinajstić information content (AvgIpc) is 2.34. The van der Waals surface area contributed by atoms with Gasteiger partial charge in [-0.1, -0.05) is 6.42 Å². The summed E-state index contributed by atoms with van der Waals surface area (Å²) in [5.74, 6) is 1.43. The number of rotatable bonds is 9. The zero-order valence-electron chi connectivity index (χ0n) is 11.2. The fourth-order valence-corrected chi connectivity index (χ4v) is 3.91. The molecule has 0 nitrogen and oxygen atoms in total.